The molecule has 0 aliphatic carbocycles. The van der Waals surface area contributed by atoms with Crippen LogP contribution in [0.2, 0.25) is 5.02 Å². The molecule has 0 N–H and O–H groups in total. The molecule has 0 unspecified atom stereocenters. The van der Waals surface area contributed by atoms with Crippen molar-refractivity contribution >= 4 is 23.2 Å². The van der Waals surface area contributed by atoms with Gasteiger partial charge in [-0.15, -0.1) is 0 Å². The zero-order chi connectivity index (χ0) is 12.9. The van der Waals surface area contributed by atoms with Crippen LogP contribution in [0.5, 0.6) is 0 Å². The molecule has 0 saturated carbocycles. The molecule has 18 heavy (non-hydrogen) atoms. The standard InChI is InChI=1S/C13H14ClNO3/c1-8(2)15-11-4-3-9(14)7-10(11)13(12(15)16)17-5-6-18-13/h3-4,7-8H,5-6H2,1-2H3. The average Bonchev–Trinajstić information content (AvgIpc) is 2.88. The van der Waals surface area contributed by atoms with Gasteiger partial charge in [0.2, 0.25) is 0 Å². The van der Waals surface area contributed by atoms with E-state index in [1.165, 1.54) is 0 Å². The fraction of sp³-hybridized carbons (Fsp3) is 0.462. The second-order valence-corrected chi connectivity index (χ2v) is 5.18. The van der Waals surface area contributed by atoms with Gasteiger partial charge in [-0.2, -0.15) is 0 Å². The summed E-state index contributed by atoms with van der Waals surface area (Å²) in [6.45, 7) is 4.77. The Balaban J connectivity index is 2.21. The molecule has 1 aromatic rings. The van der Waals surface area contributed by atoms with Gasteiger partial charge in [0.1, 0.15) is 0 Å². The van der Waals surface area contributed by atoms with E-state index in [9.17, 15) is 4.79 Å². The Kier molecular flexibility index (Phi) is 2.62. The number of amides is 1. The lowest BCUT2D eigenvalue weighted by Gasteiger charge is -2.24. The molecule has 0 atom stereocenters. The fourth-order valence-electron chi connectivity index (χ4n) is 2.57. The summed E-state index contributed by atoms with van der Waals surface area (Å²) in [4.78, 5) is 14.3. The third-order valence-corrected chi connectivity index (χ3v) is 3.52. The van der Waals surface area contributed by atoms with E-state index in [0.717, 1.165) is 5.69 Å². The van der Waals surface area contributed by atoms with Gasteiger partial charge in [-0.25, -0.2) is 0 Å². The van der Waals surface area contributed by atoms with Gasteiger partial charge in [0.25, 0.3) is 11.7 Å². The molecule has 5 heteroatoms. The molecule has 2 heterocycles. The second-order valence-electron chi connectivity index (χ2n) is 4.74. The highest BCUT2D eigenvalue weighted by molar-refractivity contribution is 6.31. The van der Waals surface area contributed by atoms with Crippen molar-refractivity contribution < 1.29 is 14.3 Å². The van der Waals surface area contributed by atoms with Gasteiger partial charge in [0.15, 0.2) is 0 Å². The van der Waals surface area contributed by atoms with E-state index in [2.05, 4.69) is 0 Å². The minimum absolute atomic E-state index is 0.0459. The van der Waals surface area contributed by atoms with Crippen molar-refractivity contribution in [3.63, 3.8) is 0 Å². The predicted octanol–water partition coefficient (Wildman–Crippen LogP) is 2.29. The first-order valence-corrected chi connectivity index (χ1v) is 6.35. The van der Waals surface area contributed by atoms with Crippen molar-refractivity contribution in [2.45, 2.75) is 25.7 Å². The summed E-state index contributed by atoms with van der Waals surface area (Å²) in [6, 6.07) is 5.42. The van der Waals surface area contributed by atoms with Crippen LogP contribution in [0.15, 0.2) is 18.2 Å². The molecule has 1 aromatic carbocycles. The molecule has 1 fully saturated rings. The number of anilines is 1. The smallest absolute Gasteiger partial charge is 0.292 e. The number of rotatable bonds is 1. The zero-order valence-corrected chi connectivity index (χ0v) is 11.0. The Morgan fingerprint density at radius 1 is 1.33 bits per heavy atom. The number of carbonyl (C=O) groups excluding carboxylic acids is 1. The molecule has 1 spiro atoms. The summed E-state index contributed by atoms with van der Waals surface area (Å²) in [5, 5.41) is 0.575. The fourth-order valence-corrected chi connectivity index (χ4v) is 2.74. The van der Waals surface area contributed by atoms with Crippen LogP contribution in [0.1, 0.15) is 19.4 Å². The Hall–Kier alpha value is -1.10. The van der Waals surface area contributed by atoms with Crippen LogP contribution in [0.25, 0.3) is 0 Å². The number of carbonyl (C=O) groups is 1. The van der Waals surface area contributed by atoms with Gasteiger partial charge in [-0.3, -0.25) is 4.79 Å². The minimum atomic E-state index is -1.27. The lowest BCUT2D eigenvalue weighted by atomic mass is 10.1. The molecule has 4 nitrogen and oxygen atoms in total. The van der Waals surface area contributed by atoms with Crippen LogP contribution >= 0.6 is 11.6 Å². The first-order chi connectivity index (χ1) is 8.56. The molecular weight excluding hydrogens is 254 g/mol. The van der Waals surface area contributed by atoms with Crippen LogP contribution in [0.3, 0.4) is 0 Å². The lowest BCUT2D eigenvalue weighted by molar-refractivity contribution is -0.181. The SMILES string of the molecule is CC(C)N1C(=O)C2(OCCO2)c2cc(Cl)ccc21. The molecular formula is C13H14ClNO3. The maximum absolute atomic E-state index is 12.6. The van der Waals surface area contributed by atoms with E-state index < -0.39 is 5.79 Å². The first-order valence-electron chi connectivity index (χ1n) is 5.98. The van der Waals surface area contributed by atoms with Crippen molar-refractivity contribution in [1.82, 2.24) is 0 Å². The summed E-state index contributed by atoms with van der Waals surface area (Å²) >= 11 is 6.02. The van der Waals surface area contributed by atoms with Crippen LogP contribution in [0.4, 0.5) is 5.69 Å². The summed E-state index contributed by atoms with van der Waals surface area (Å²) in [5.74, 6) is -1.43. The molecule has 2 aliphatic heterocycles. The Morgan fingerprint density at radius 3 is 2.61 bits per heavy atom. The van der Waals surface area contributed by atoms with Gasteiger partial charge in [0, 0.05) is 16.6 Å². The molecule has 2 aliphatic rings. The molecule has 96 valence electrons. The predicted molar refractivity (Wildman–Crippen MR) is 67.7 cm³/mol. The maximum Gasteiger partial charge on any atom is 0.292 e. The average molecular weight is 268 g/mol. The van der Waals surface area contributed by atoms with Crippen LogP contribution in [0, 0.1) is 0 Å². The van der Waals surface area contributed by atoms with Crippen LogP contribution in [-0.2, 0) is 20.1 Å². The monoisotopic (exact) mass is 267 g/mol. The highest BCUT2D eigenvalue weighted by Crippen LogP contribution is 2.47. The Morgan fingerprint density at radius 2 is 2.00 bits per heavy atom. The number of hydrogen-bond donors (Lipinski definition) is 0. The summed E-state index contributed by atoms with van der Waals surface area (Å²) in [5.41, 5.74) is 1.53. The van der Waals surface area contributed by atoms with Crippen LogP contribution < -0.4 is 4.90 Å². The van der Waals surface area contributed by atoms with E-state index in [4.69, 9.17) is 21.1 Å². The second kappa shape index (κ2) is 3.95. The van der Waals surface area contributed by atoms with Gasteiger partial charge >= 0.3 is 0 Å². The van der Waals surface area contributed by atoms with Crippen molar-refractivity contribution in [1.29, 1.82) is 0 Å². The highest BCUT2D eigenvalue weighted by Gasteiger charge is 2.56. The lowest BCUT2D eigenvalue weighted by Crippen LogP contribution is -2.44. The quantitative estimate of drug-likeness (QED) is 0.784. The summed E-state index contributed by atoms with van der Waals surface area (Å²) in [6.07, 6.45) is 0. The maximum atomic E-state index is 12.6. The Labute approximate surface area is 110 Å². The minimum Gasteiger partial charge on any atom is -0.336 e. The molecule has 0 radical (unpaired) electrons. The highest BCUT2D eigenvalue weighted by atomic mass is 35.5. The number of benzene rings is 1. The first kappa shape index (κ1) is 12.0. The van der Waals surface area contributed by atoms with Gasteiger partial charge in [-0.05, 0) is 32.0 Å². The van der Waals surface area contributed by atoms with E-state index in [0.29, 0.717) is 23.8 Å². The molecule has 1 amide bonds. The van der Waals surface area contributed by atoms with Crippen molar-refractivity contribution in [3.05, 3.63) is 28.8 Å². The molecule has 0 aromatic heterocycles. The van der Waals surface area contributed by atoms with E-state index in [1.807, 2.05) is 19.9 Å². The number of halogens is 1. The topological polar surface area (TPSA) is 38.8 Å². The number of nitrogens with zero attached hydrogens (tertiary/aromatic N) is 1. The number of fused-ring (bicyclic) bond motifs is 2. The van der Waals surface area contributed by atoms with Crippen molar-refractivity contribution in [2.24, 2.45) is 0 Å². The van der Waals surface area contributed by atoms with E-state index in [1.54, 1.807) is 17.0 Å². The van der Waals surface area contributed by atoms with Crippen molar-refractivity contribution in [2.75, 3.05) is 18.1 Å². The number of hydrogen-bond acceptors (Lipinski definition) is 3. The number of ether oxygens (including phenoxy) is 2. The van der Waals surface area contributed by atoms with Gasteiger partial charge in [-0.1, -0.05) is 11.6 Å². The van der Waals surface area contributed by atoms with E-state index in [-0.39, 0.29) is 11.9 Å². The van der Waals surface area contributed by atoms with Crippen LogP contribution in [-0.4, -0.2) is 25.2 Å². The largest absolute Gasteiger partial charge is 0.336 e. The van der Waals surface area contributed by atoms with Gasteiger partial charge in [0.05, 0.1) is 18.9 Å². The zero-order valence-electron chi connectivity index (χ0n) is 10.3. The summed E-state index contributed by atoms with van der Waals surface area (Å²) in [7, 11) is 0. The third-order valence-electron chi connectivity index (χ3n) is 3.28. The molecule has 3 rings (SSSR count). The normalized spacial score (nSPS) is 21.1. The molecule has 1 saturated heterocycles. The third kappa shape index (κ3) is 1.43. The Bertz CT molecular complexity index is 509. The molecule has 0 bridgehead atoms. The van der Waals surface area contributed by atoms with E-state index >= 15 is 0 Å². The van der Waals surface area contributed by atoms with Gasteiger partial charge < -0.3 is 14.4 Å². The van der Waals surface area contributed by atoms with Crippen molar-refractivity contribution in [3.8, 4) is 0 Å². The summed E-state index contributed by atoms with van der Waals surface area (Å²) < 4.78 is 11.2.